The molecule has 0 radical (unpaired) electrons. The minimum absolute atomic E-state index is 0.164. The van der Waals surface area contributed by atoms with Crippen molar-refractivity contribution in [1.82, 2.24) is 0 Å². The molecule has 0 aromatic heterocycles. The zero-order valence-electron chi connectivity index (χ0n) is 34.9. The Morgan fingerprint density at radius 1 is 0.315 bits per heavy atom. The predicted octanol–water partition coefficient (Wildman–Crippen LogP) is 12.2. The summed E-state index contributed by atoms with van der Waals surface area (Å²) in [5.41, 5.74) is 0. The lowest BCUT2D eigenvalue weighted by Gasteiger charge is -2.04. The first kappa shape index (κ1) is 51.4. The fourth-order valence-corrected chi connectivity index (χ4v) is 6.64. The lowest BCUT2D eigenvalue weighted by Crippen LogP contribution is -2.17. The van der Waals surface area contributed by atoms with Gasteiger partial charge in [-0.05, 0) is 12.8 Å². The highest BCUT2D eigenvalue weighted by atomic mass is 16.5. The van der Waals surface area contributed by atoms with E-state index in [1.54, 1.807) is 0 Å². The van der Waals surface area contributed by atoms with Crippen molar-refractivity contribution < 1.29 is 38.2 Å². The van der Waals surface area contributed by atoms with Crippen LogP contribution in [0, 0.1) is 0 Å². The lowest BCUT2D eigenvalue weighted by molar-refractivity contribution is -0.145. The SMILES string of the molecule is CCCCCCCCCCCCCCCCCC(=O)CC(=O)COC(=O)/C=C/C(=O)OCC(=O)CC(=O)CCCCCCCCCCCCCCCCC. The first-order valence-corrected chi connectivity index (χ1v) is 22.4. The Bertz CT molecular complexity index is 923. The van der Waals surface area contributed by atoms with Gasteiger partial charge < -0.3 is 9.47 Å². The Kier molecular flexibility index (Phi) is 38.1. The van der Waals surface area contributed by atoms with Crippen LogP contribution in [-0.2, 0) is 38.2 Å². The molecule has 0 spiro atoms. The summed E-state index contributed by atoms with van der Waals surface area (Å²) < 4.78 is 9.64. The molecule has 0 amide bonds. The molecule has 0 rings (SSSR count). The van der Waals surface area contributed by atoms with Crippen LogP contribution in [0.3, 0.4) is 0 Å². The lowest BCUT2D eigenvalue weighted by atomic mass is 10.0. The average Bonchev–Trinajstić information content (AvgIpc) is 3.15. The smallest absolute Gasteiger partial charge is 0.331 e. The van der Waals surface area contributed by atoms with Gasteiger partial charge in [-0.15, -0.1) is 0 Å². The van der Waals surface area contributed by atoms with Crippen LogP contribution >= 0.6 is 0 Å². The van der Waals surface area contributed by atoms with Crippen molar-refractivity contribution in [3.8, 4) is 0 Å². The molecule has 0 unspecified atom stereocenters. The molecule has 0 saturated heterocycles. The second-order valence-corrected chi connectivity index (χ2v) is 15.5. The van der Waals surface area contributed by atoms with E-state index in [9.17, 15) is 28.8 Å². The molecule has 0 fully saturated rings. The van der Waals surface area contributed by atoms with Gasteiger partial charge in [-0.2, -0.15) is 0 Å². The van der Waals surface area contributed by atoms with Crippen LogP contribution in [0.25, 0.3) is 0 Å². The van der Waals surface area contributed by atoms with E-state index >= 15 is 0 Å². The van der Waals surface area contributed by atoms with Gasteiger partial charge in [-0.1, -0.05) is 194 Å². The minimum atomic E-state index is -0.930. The van der Waals surface area contributed by atoms with E-state index in [1.807, 2.05) is 0 Å². The maximum Gasteiger partial charge on any atom is 0.331 e. The molecule has 0 atom stereocenters. The molecule has 0 aromatic rings. The number of hydrogen-bond donors (Lipinski definition) is 0. The number of carbonyl (C=O) groups is 6. The molecule has 312 valence electrons. The van der Waals surface area contributed by atoms with Crippen molar-refractivity contribution in [1.29, 1.82) is 0 Å². The molecular formula is C46H80O8. The third-order valence-corrected chi connectivity index (χ3v) is 10.0. The third kappa shape index (κ3) is 39.1. The standard InChI is InChI=1S/C46H80O8/c1-3-5-7-9-11-13-15-17-19-21-23-25-27-29-31-33-41(47)37-43(49)39-53-45(51)35-36-46(52)54-40-44(50)38-42(48)34-32-30-28-26-24-22-20-18-16-14-12-10-8-6-4-2/h35-36H,3-34,37-40H2,1-2H3/b36-35+. The molecule has 0 aromatic carbocycles. The van der Waals surface area contributed by atoms with Crippen LogP contribution in [0.1, 0.15) is 232 Å². The largest absolute Gasteiger partial charge is 0.455 e. The Balaban J connectivity index is 3.71. The molecular weight excluding hydrogens is 680 g/mol. The van der Waals surface area contributed by atoms with Gasteiger partial charge in [0, 0.05) is 25.0 Å². The summed E-state index contributed by atoms with van der Waals surface area (Å²) in [5, 5.41) is 0. The normalized spacial score (nSPS) is 11.2. The molecule has 0 aliphatic carbocycles. The Hall–Kier alpha value is -2.64. The summed E-state index contributed by atoms with van der Waals surface area (Å²) in [4.78, 5) is 72.1. The highest BCUT2D eigenvalue weighted by Crippen LogP contribution is 2.16. The summed E-state index contributed by atoms with van der Waals surface area (Å²) in [6.45, 7) is 3.40. The highest BCUT2D eigenvalue weighted by molar-refractivity contribution is 6.01. The van der Waals surface area contributed by atoms with Crippen LogP contribution < -0.4 is 0 Å². The van der Waals surface area contributed by atoms with Gasteiger partial charge in [0.25, 0.3) is 0 Å². The van der Waals surface area contributed by atoms with Crippen molar-refractivity contribution >= 4 is 35.1 Å². The zero-order chi connectivity index (χ0) is 39.7. The number of carbonyl (C=O) groups excluding carboxylic acids is 6. The summed E-state index contributed by atoms with van der Waals surface area (Å²) in [6, 6.07) is 0. The minimum Gasteiger partial charge on any atom is -0.455 e. The second kappa shape index (κ2) is 40.0. The Morgan fingerprint density at radius 2 is 0.537 bits per heavy atom. The van der Waals surface area contributed by atoms with Crippen LogP contribution in [0.5, 0.6) is 0 Å². The van der Waals surface area contributed by atoms with Crippen LogP contribution in [0.15, 0.2) is 12.2 Å². The fourth-order valence-electron chi connectivity index (χ4n) is 6.64. The highest BCUT2D eigenvalue weighted by Gasteiger charge is 2.13. The third-order valence-electron chi connectivity index (χ3n) is 10.0. The van der Waals surface area contributed by atoms with Crippen LogP contribution in [0.4, 0.5) is 0 Å². The fraction of sp³-hybridized carbons (Fsp3) is 0.826. The number of hydrogen-bond acceptors (Lipinski definition) is 8. The van der Waals surface area contributed by atoms with E-state index in [1.165, 1.54) is 154 Å². The number of unbranched alkanes of at least 4 members (excludes halogenated alkanes) is 28. The van der Waals surface area contributed by atoms with Crippen molar-refractivity contribution in [2.75, 3.05) is 13.2 Å². The average molecular weight is 761 g/mol. The molecule has 0 aliphatic rings. The first-order valence-electron chi connectivity index (χ1n) is 22.4. The van der Waals surface area contributed by atoms with Crippen molar-refractivity contribution in [3.63, 3.8) is 0 Å². The van der Waals surface area contributed by atoms with Gasteiger partial charge in [0.1, 0.15) is 11.6 Å². The summed E-state index contributed by atoms with van der Waals surface area (Å²) in [5.74, 6) is -3.18. The summed E-state index contributed by atoms with van der Waals surface area (Å²) in [7, 11) is 0. The molecule has 54 heavy (non-hydrogen) atoms. The monoisotopic (exact) mass is 761 g/mol. The van der Waals surface area contributed by atoms with E-state index in [2.05, 4.69) is 13.8 Å². The van der Waals surface area contributed by atoms with Crippen LogP contribution in [-0.4, -0.2) is 48.3 Å². The van der Waals surface area contributed by atoms with Crippen molar-refractivity contribution in [3.05, 3.63) is 12.2 Å². The number of Topliss-reactive ketones (excluding diaryl/α,β-unsaturated/α-hetero) is 4. The second-order valence-electron chi connectivity index (χ2n) is 15.5. The topological polar surface area (TPSA) is 121 Å². The Morgan fingerprint density at radius 3 is 0.778 bits per heavy atom. The predicted molar refractivity (Wildman–Crippen MR) is 219 cm³/mol. The molecule has 0 saturated carbocycles. The van der Waals surface area contributed by atoms with Crippen LogP contribution in [0.2, 0.25) is 0 Å². The van der Waals surface area contributed by atoms with E-state index in [0.29, 0.717) is 12.8 Å². The molecule has 0 N–H and O–H groups in total. The maximum absolute atomic E-state index is 12.1. The van der Waals surface area contributed by atoms with E-state index in [-0.39, 0.29) is 24.4 Å². The number of esters is 2. The van der Waals surface area contributed by atoms with Crippen molar-refractivity contribution in [2.24, 2.45) is 0 Å². The van der Waals surface area contributed by atoms with Crippen molar-refractivity contribution in [2.45, 2.75) is 232 Å². The number of ether oxygens (including phenoxy) is 2. The summed E-state index contributed by atoms with van der Waals surface area (Å²) >= 11 is 0. The maximum atomic E-state index is 12.1. The van der Waals surface area contributed by atoms with Gasteiger partial charge in [-0.3, -0.25) is 19.2 Å². The molecule has 0 bridgehead atoms. The molecule has 8 nitrogen and oxygen atoms in total. The first-order chi connectivity index (χ1) is 26.3. The Labute approximate surface area is 330 Å². The zero-order valence-corrected chi connectivity index (χ0v) is 34.9. The molecule has 0 aliphatic heterocycles. The quantitative estimate of drug-likeness (QED) is 0.0261. The number of ketones is 4. The van der Waals surface area contributed by atoms with Gasteiger partial charge in [-0.25, -0.2) is 9.59 Å². The van der Waals surface area contributed by atoms with E-state index < -0.39 is 36.7 Å². The van der Waals surface area contributed by atoms with E-state index in [0.717, 1.165) is 50.7 Å². The van der Waals surface area contributed by atoms with Gasteiger partial charge >= 0.3 is 11.9 Å². The molecule has 8 heteroatoms. The summed E-state index contributed by atoms with van der Waals surface area (Å²) in [6.07, 6.45) is 39.1. The van der Waals surface area contributed by atoms with Gasteiger partial charge in [0.15, 0.2) is 24.8 Å². The van der Waals surface area contributed by atoms with E-state index in [4.69, 9.17) is 9.47 Å². The molecule has 0 heterocycles. The van der Waals surface area contributed by atoms with Gasteiger partial charge in [0.2, 0.25) is 0 Å². The van der Waals surface area contributed by atoms with Gasteiger partial charge in [0.05, 0.1) is 12.8 Å². The number of rotatable bonds is 42.